The molecule has 1 aliphatic rings. The third-order valence-corrected chi connectivity index (χ3v) is 3.42. The molecule has 0 N–H and O–H groups in total. The number of alkyl halides is 2. The molecule has 2 rings (SSSR count). The first-order valence-electron chi connectivity index (χ1n) is 5.70. The molecule has 1 aliphatic heterocycles. The minimum atomic E-state index is -2.25. The number of pyridine rings is 1. The van der Waals surface area contributed by atoms with Gasteiger partial charge in [0.05, 0.1) is 10.6 Å². The molecule has 18 heavy (non-hydrogen) atoms. The SMILES string of the molecule is N#Cc1cnc(N2CCC(C(F)F)CC2)c(Cl)c1. The average molecular weight is 272 g/mol. The molecule has 1 saturated heterocycles. The maximum Gasteiger partial charge on any atom is 0.241 e. The van der Waals surface area contributed by atoms with Crippen molar-refractivity contribution in [2.24, 2.45) is 5.92 Å². The second kappa shape index (κ2) is 5.49. The lowest BCUT2D eigenvalue weighted by Gasteiger charge is -2.32. The molecule has 0 atom stereocenters. The number of anilines is 1. The van der Waals surface area contributed by atoms with Crippen LogP contribution < -0.4 is 4.90 Å². The van der Waals surface area contributed by atoms with Crippen LogP contribution in [0.4, 0.5) is 14.6 Å². The molecule has 6 heteroatoms. The van der Waals surface area contributed by atoms with Crippen LogP contribution in [0.25, 0.3) is 0 Å². The standard InChI is InChI=1S/C12H12ClF2N3/c13-10-5-8(6-16)7-17-12(10)18-3-1-9(2-4-18)11(14)15/h5,7,9,11H,1-4H2. The summed E-state index contributed by atoms with van der Waals surface area (Å²) in [6.45, 7) is 1.04. The highest BCUT2D eigenvalue weighted by atomic mass is 35.5. The minimum Gasteiger partial charge on any atom is -0.355 e. The minimum absolute atomic E-state index is 0.393. The molecule has 3 nitrogen and oxygen atoms in total. The quantitative estimate of drug-likeness (QED) is 0.830. The summed E-state index contributed by atoms with van der Waals surface area (Å²) < 4.78 is 25.1. The summed E-state index contributed by atoms with van der Waals surface area (Å²) in [5, 5.41) is 9.11. The molecule has 0 saturated carbocycles. The van der Waals surface area contributed by atoms with Crippen molar-refractivity contribution in [2.75, 3.05) is 18.0 Å². The van der Waals surface area contributed by atoms with E-state index in [1.807, 2.05) is 11.0 Å². The lowest BCUT2D eigenvalue weighted by molar-refractivity contribution is 0.0635. The van der Waals surface area contributed by atoms with Gasteiger partial charge in [0.15, 0.2) is 0 Å². The van der Waals surface area contributed by atoms with Crippen molar-refractivity contribution in [3.05, 3.63) is 22.8 Å². The summed E-state index contributed by atoms with van der Waals surface area (Å²) >= 11 is 6.04. The van der Waals surface area contributed by atoms with Crippen LogP contribution in [0.3, 0.4) is 0 Å². The Hall–Kier alpha value is -1.41. The maximum atomic E-state index is 12.5. The highest BCUT2D eigenvalue weighted by Crippen LogP contribution is 2.30. The fourth-order valence-electron chi connectivity index (χ4n) is 2.09. The summed E-state index contributed by atoms with van der Waals surface area (Å²) in [6, 6.07) is 3.50. The van der Waals surface area contributed by atoms with Crippen molar-refractivity contribution < 1.29 is 8.78 Å². The van der Waals surface area contributed by atoms with E-state index in [0.717, 1.165) is 0 Å². The van der Waals surface area contributed by atoms with Gasteiger partial charge >= 0.3 is 0 Å². The molecular formula is C12H12ClF2N3. The monoisotopic (exact) mass is 271 g/mol. The average Bonchev–Trinajstić information content (AvgIpc) is 2.38. The number of rotatable bonds is 2. The van der Waals surface area contributed by atoms with Gasteiger partial charge in [-0.2, -0.15) is 5.26 Å². The van der Waals surface area contributed by atoms with Crippen molar-refractivity contribution >= 4 is 17.4 Å². The van der Waals surface area contributed by atoms with E-state index in [9.17, 15) is 8.78 Å². The smallest absolute Gasteiger partial charge is 0.241 e. The van der Waals surface area contributed by atoms with E-state index in [0.29, 0.717) is 42.3 Å². The Balaban J connectivity index is 2.08. The van der Waals surface area contributed by atoms with Crippen LogP contribution in [0.15, 0.2) is 12.3 Å². The van der Waals surface area contributed by atoms with Gasteiger partial charge in [-0.25, -0.2) is 13.8 Å². The van der Waals surface area contributed by atoms with Crippen LogP contribution in [-0.4, -0.2) is 24.5 Å². The second-order valence-electron chi connectivity index (χ2n) is 4.30. The van der Waals surface area contributed by atoms with E-state index >= 15 is 0 Å². The first-order valence-corrected chi connectivity index (χ1v) is 6.08. The molecule has 0 amide bonds. The van der Waals surface area contributed by atoms with Gasteiger partial charge in [-0.3, -0.25) is 0 Å². The van der Waals surface area contributed by atoms with Gasteiger partial charge in [-0.1, -0.05) is 11.6 Å². The third kappa shape index (κ3) is 2.70. The Bertz CT molecular complexity index is 465. The summed E-state index contributed by atoms with van der Waals surface area (Å²) in [5.41, 5.74) is 0.395. The zero-order valence-corrected chi connectivity index (χ0v) is 10.4. The Morgan fingerprint density at radius 1 is 1.44 bits per heavy atom. The molecule has 1 aromatic heterocycles. The number of hydrogen-bond acceptors (Lipinski definition) is 3. The van der Waals surface area contributed by atoms with Gasteiger partial charge in [-0.05, 0) is 18.9 Å². The maximum absolute atomic E-state index is 12.5. The number of hydrogen-bond donors (Lipinski definition) is 0. The van der Waals surface area contributed by atoms with Crippen LogP contribution in [-0.2, 0) is 0 Å². The predicted octanol–water partition coefficient (Wildman–Crippen LogP) is 3.09. The van der Waals surface area contributed by atoms with Gasteiger partial charge in [-0.15, -0.1) is 0 Å². The van der Waals surface area contributed by atoms with E-state index in [1.54, 1.807) is 6.07 Å². The largest absolute Gasteiger partial charge is 0.355 e. The van der Waals surface area contributed by atoms with E-state index < -0.39 is 12.3 Å². The van der Waals surface area contributed by atoms with Crippen molar-refractivity contribution in [3.63, 3.8) is 0 Å². The fourth-order valence-corrected chi connectivity index (χ4v) is 2.37. The Morgan fingerprint density at radius 2 is 2.11 bits per heavy atom. The molecule has 1 aromatic rings. The first kappa shape index (κ1) is 13.0. The lowest BCUT2D eigenvalue weighted by atomic mass is 9.97. The zero-order valence-electron chi connectivity index (χ0n) is 9.61. The summed E-state index contributed by atoms with van der Waals surface area (Å²) in [6.07, 6.45) is 0.0720. The van der Waals surface area contributed by atoms with E-state index in [2.05, 4.69) is 4.98 Å². The van der Waals surface area contributed by atoms with E-state index in [4.69, 9.17) is 16.9 Å². The highest BCUT2D eigenvalue weighted by molar-refractivity contribution is 6.33. The van der Waals surface area contributed by atoms with Crippen LogP contribution in [0.5, 0.6) is 0 Å². The van der Waals surface area contributed by atoms with Crippen molar-refractivity contribution in [3.8, 4) is 6.07 Å². The Morgan fingerprint density at radius 3 is 2.61 bits per heavy atom. The number of piperidine rings is 1. The normalized spacial score (nSPS) is 16.9. The Labute approximate surface area is 109 Å². The first-order chi connectivity index (χ1) is 8.61. The number of halogens is 3. The molecular weight excluding hydrogens is 260 g/mol. The highest BCUT2D eigenvalue weighted by Gasteiger charge is 2.27. The molecule has 1 fully saturated rings. The Kier molecular flexibility index (Phi) is 3.97. The molecule has 2 heterocycles. The fraction of sp³-hybridized carbons (Fsp3) is 0.500. The number of nitrogens with zero attached hydrogens (tertiary/aromatic N) is 3. The number of nitriles is 1. The summed E-state index contributed by atoms with van der Waals surface area (Å²) in [4.78, 5) is 6.02. The van der Waals surface area contributed by atoms with Crippen LogP contribution >= 0.6 is 11.6 Å². The van der Waals surface area contributed by atoms with Gasteiger partial charge < -0.3 is 4.90 Å². The predicted molar refractivity (Wildman–Crippen MR) is 64.9 cm³/mol. The second-order valence-corrected chi connectivity index (χ2v) is 4.71. The van der Waals surface area contributed by atoms with E-state index in [-0.39, 0.29) is 0 Å². The van der Waals surface area contributed by atoms with Crippen LogP contribution in [0.1, 0.15) is 18.4 Å². The van der Waals surface area contributed by atoms with Crippen LogP contribution in [0, 0.1) is 17.2 Å². The van der Waals surface area contributed by atoms with Crippen molar-refractivity contribution in [1.29, 1.82) is 5.26 Å². The summed E-state index contributed by atoms with van der Waals surface area (Å²) in [7, 11) is 0. The molecule has 0 radical (unpaired) electrons. The molecule has 0 aromatic carbocycles. The molecule has 0 unspecified atom stereocenters. The van der Waals surface area contributed by atoms with Crippen LogP contribution in [0.2, 0.25) is 5.02 Å². The van der Waals surface area contributed by atoms with Gasteiger partial charge in [0, 0.05) is 25.2 Å². The van der Waals surface area contributed by atoms with Gasteiger partial charge in [0.1, 0.15) is 11.9 Å². The van der Waals surface area contributed by atoms with Crippen molar-refractivity contribution in [1.82, 2.24) is 4.98 Å². The van der Waals surface area contributed by atoms with Crippen molar-refractivity contribution in [2.45, 2.75) is 19.3 Å². The molecule has 0 bridgehead atoms. The topological polar surface area (TPSA) is 39.9 Å². The molecule has 0 aliphatic carbocycles. The summed E-state index contributed by atoms with van der Waals surface area (Å²) in [5.74, 6) is 0.0433. The van der Waals surface area contributed by atoms with Gasteiger partial charge in [0.2, 0.25) is 6.43 Å². The number of aromatic nitrogens is 1. The molecule has 0 spiro atoms. The molecule has 96 valence electrons. The lowest BCUT2D eigenvalue weighted by Crippen LogP contribution is -2.36. The third-order valence-electron chi connectivity index (χ3n) is 3.15. The van der Waals surface area contributed by atoms with E-state index in [1.165, 1.54) is 6.20 Å². The van der Waals surface area contributed by atoms with Gasteiger partial charge in [0.25, 0.3) is 0 Å². The zero-order chi connectivity index (χ0) is 13.1.